The number of benzene rings is 2. The summed E-state index contributed by atoms with van der Waals surface area (Å²) < 4.78 is 5.35. The molecule has 0 bridgehead atoms. The summed E-state index contributed by atoms with van der Waals surface area (Å²) in [6.07, 6.45) is 3.35. The van der Waals surface area contributed by atoms with Crippen molar-refractivity contribution in [3.05, 3.63) is 54.6 Å². The van der Waals surface area contributed by atoms with Crippen LogP contribution in [-0.2, 0) is 0 Å². The Labute approximate surface area is 179 Å². The van der Waals surface area contributed by atoms with Crippen molar-refractivity contribution in [1.29, 1.82) is 0 Å². The maximum atomic E-state index is 12.2. The molecule has 2 fully saturated rings. The van der Waals surface area contributed by atoms with Gasteiger partial charge < -0.3 is 15.0 Å². The minimum absolute atomic E-state index is 0.0277. The summed E-state index contributed by atoms with van der Waals surface area (Å²) in [7, 11) is 1.72. The van der Waals surface area contributed by atoms with Crippen LogP contribution in [-0.4, -0.2) is 63.4 Å². The quantitative estimate of drug-likeness (QED) is 0.678. The fourth-order valence-corrected chi connectivity index (χ4v) is 4.45. The van der Waals surface area contributed by atoms with Gasteiger partial charge in [-0.25, -0.2) is 4.79 Å². The van der Waals surface area contributed by atoms with E-state index in [1.54, 1.807) is 7.11 Å². The number of hydrogen-bond acceptors (Lipinski definition) is 4. The van der Waals surface area contributed by atoms with Crippen LogP contribution in [0.2, 0.25) is 0 Å². The Balaban J connectivity index is 1.19. The van der Waals surface area contributed by atoms with E-state index in [-0.39, 0.29) is 12.1 Å². The molecule has 160 valence electrons. The highest BCUT2D eigenvalue weighted by atomic mass is 16.5. The number of rotatable bonds is 8. The molecule has 6 nitrogen and oxygen atoms in total. The molecule has 0 radical (unpaired) electrons. The number of hydrogen-bond donors (Lipinski definition) is 1. The summed E-state index contributed by atoms with van der Waals surface area (Å²) in [4.78, 5) is 19.2. The van der Waals surface area contributed by atoms with Crippen LogP contribution >= 0.6 is 0 Å². The Kier molecular flexibility index (Phi) is 6.74. The third-order valence-electron chi connectivity index (χ3n) is 6.16. The van der Waals surface area contributed by atoms with Gasteiger partial charge in [-0.3, -0.25) is 9.80 Å². The first-order valence-corrected chi connectivity index (χ1v) is 11.0. The predicted octanol–water partition coefficient (Wildman–Crippen LogP) is 3.59. The van der Waals surface area contributed by atoms with Gasteiger partial charge in [0.15, 0.2) is 0 Å². The summed E-state index contributed by atoms with van der Waals surface area (Å²) in [5.41, 5.74) is 2.24. The molecule has 1 N–H and O–H groups in total. The maximum absolute atomic E-state index is 12.2. The van der Waals surface area contributed by atoms with Gasteiger partial charge in [0.05, 0.1) is 13.2 Å². The summed E-state index contributed by atoms with van der Waals surface area (Å²) in [6, 6.07) is 18.6. The zero-order valence-corrected chi connectivity index (χ0v) is 17.8. The molecule has 1 atom stereocenters. The molecule has 2 amide bonds. The zero-order valence-electron chi connectivity index (χ0n) is 17.8. The van der Waals surface area contributed by atoms with Crippen molar-refractivity contribution in [3.63, 3.8) is 0 Å². The Bertz CT molecular complexity index is 821. The molecule has 2 aliphatic heterocycles. The number of methoxy groups -OCH3 is 1. The average molecular weight is 409 g/mol. The Morgan fingerprint density at radius 3 is 2.50 bits per heavy atom. The molecule has 0 saturated carbocycles. The highest BCUT2D eigenvalue weighted by Crippen LogP contribution is 2.24. The number of amides is 2. The highest BCUT2D eigenvalue weighted by Gasteiger charge is 2.31. The molecule has 4 rings (SSSR count). The number of anilines is 2. The van der Waals surface area contributed by atoms with E-state index in [4.69, 9.17) is 4.74 Å². The molecule has 1 unspecified atom stereocenters. The van der Waals surface area contributed by atoms with Gasteiger partial charge in [-0.05, 0) is 43.7 Å². The predicted molar refractivity (Wildman–Crippen MR) is 122 cm³/mol. The number of ether oxygens (including phenoxy) is 1. The van der Waals surface area contributed by atoms with Gasteiger partial charge in [0, 0.05) is 50.2 Å². The van der Waals surface area contributed by atoms with Gasteiger partial charge in [0.2, 0.25) is 0 Å². The van der Waals surface area contributed by atoms with Gasteiger partial charge in [0.1, 0.15) is 5.75 Å². The lowest BCUT2D eigenvalue weighted by molar-refractivity contribution is 0.250. The zero-order chi connectivity index (χ0) is 20.8. The van der Waals surface area contributed by atoms with Crippen LogP contribution in [0.1, 0.15) is 19.3 Å². The van der Waals surface area contributed by atoms with Crippen LogP contribution in [0.5, 0.6) is 5.75 Å². The van der Waals surface area contributed by atoms with E-state index in [1.807, 2.05) is 41.3 Å². The molecule has 2 aromatic rings. The lowest BCUT2D eigenvalue weighted by Crippen LogP contribution is -2.46. The summed E-state index contributed by atoms with van der Waals surface area (Å²) in [5, 5.41) is 3.00. The molecular formula is C24H32N4O2. The third kappa shape index (κ3) is 4.87. The Morgan fingerprint density at radius 2 is 1.73 bits per heavy atom. The Hall–Kier alpha value is -2.73. The first kappa shape index (κ1) is 20.5. The molecule has 0 spiro atoms. The van der Waals surface area contributed by atoms with Crippen LogP contribution in [0.15, 0.2) is 54.6 Å². The minimum Gasteiger partial charge on any atom is -0.497 e. The molecule has 2 aliphatic rings. The maximum Gasteiger partial charge on any atom is 0.322 e. The smallest absolute Gasteiger partial charge is 0.322 e. The number of piperazine rings is 1. The molecule has 0 aliphatic carbocycles. The number of unbranched alkanes of at least 4 members (excludes halogenated alkanes) is 1. The number of carbonyl (C=O) groups excluding carboxylic acids is 1. The molecule has 2 saturated heterocycles. The average Bonchev–Trinajstić information content (AvgIpc) is 3.18. The van der Waals surface area contributed by atoms with Crippen molar-refractivity contribution < 1.29 is 9.53 Å². The summed E-state index contributed by atoms with van der Waals surface area (Å²) >= 11 is 0. The fraction of sp³-hybridized carbons (Fsp3) is 0.458. The second-order valence-corrected chi connectivity index (χ2v) is 8.07. The summed E-state index contributed by atoms with van der Waals surface area (Å²) in [5.74, 6) is 0.916. The number of nitrogens with one attached hydrogen (secondary N) is 1. The van der Waals surface area contributed by atoms with Gasteiger partial charge >= 0.3 is 6.03 Å². The second-order valence-electron chi connectivity index (χ2n) is 8.07. The normalized spacial score (nSPS) is 19.8. The van der Waals surface area contributed by atoms with Crippen molar-refractivity contribution in [2.45, 2.75) is 25.3 Å². The van der Waals surface area contributed by atoms with E-state index in [2.05, 4.69) is 33.3 Å². The van der Waals surface area contributed by atoms with E-state index >= 15 is 0 Å². The van der Waals surface area contributed by atoms with Crippen molar-refractivity contribution in [2.24, 2.45) is 0 Å². The number of para-hydroxylation sites is 1. The first-order chi connectivity index (χ1) is 14.7. The first-order valence-electron chi connectivity index (χ1n) is 11.0. The fourth-order valence-electron chi connectivity index (χ4n) is 4.45. The van der Waals surface area contributed by atoms with Crippen molar-refractivity contribution >= 4 is 17.4 Å². The second kappa shape index (κ2) is 9.85. The van der Waals surface area contributed by atoms with Crippen molar-refractivity contribution in [1.82, 2.24) is 10.2 Å². The van der Waals surface area contributed by atoms with E-state index in [0.29, 0.717) is 0 Å². The molecule has 2 heterocycles. The minimum atomic E-state index is 0.0277. The van der Waals surface area contributed by atoms with E-state index < -0.39 is 0 Å². The number of nitrogens with zero attached hydrogens (tertiary/aromatic N) is 3. The molecule has 6 heteroatoms. The SMILES string of the molecule is COc1cccc(N2CCN(CCCCC3CNC(=O)N3c3ccccc3)CC2)c1. The molecule has 2 aromatic carbocycles. The van der Waals surface area contributed by atoms with Crippen molar-refractivity contribution in [2.75, 3.05) is 56.2 Å². The summed E-state index contributed by atoms with van der Waals surface area (Å²) in [6.45, 7) is 6.16. The Morgan fingerprint density at radius 1 is 0.967 bits per heavy atom. The third-order valence-corrected chi connectivity index (χ3v) is 6.16. The van der Waals surface area contributed by atoms with E-state index in [0.717, 1.165) is 63.5 Å². The number of urea groups is 1. The monoisotopic (exact) mass is 408 g/mol. The van der Waals surface area contributed by atoms with Gasteiger partial charge in [0.25, 0.3) is 0 Å². The molecule has 30 heavy (non-hydrogen) atoms. The van der Waals surface area contributed by atoms with Gasteiger partial charge in [-0.2, -0.15) is 0 Å². The lowest BCUT2D eigenvalue weighted by atomic mass is 10.1. The van der Waals surface area contributed by atoms with Crippen LogP contribution in [0.25, 0.3) is 0 Å². The van der Waals surface area contributed by atoms with E-state index in [1.165, 1.54) is 12.1 Å². The van der Waals surface area contributed by atoms with Crippen LogP contribution in [0.4, 0.5) is 16.2 Å². The van der Waals surface area contributed by atoms with Crippen molar-refractivity contribution in [3.8, 4) is 5.75 Å². The highest BCUT2D eigenvalue weighted by molar-refractivity contribution is 5.94. The lowest BCUT2D eigenvalue weighted by Gasteiger charge is -2.36. The molecule has 0 aromatic heterocycles. The largest absolute Gasteiger partial charge is 0.497 e. The van der Waals surface area contributed by atoms with Crippen LogP contribution in [0.3, 0.4) is 0 Å². The number of carbonyl (C=O) groups is 1. The van der Waals surface area contributed by atoms with Crippen LogP contribution in [0, 0.1) is 0 Å². The van der Waals surface area contributed by atoms with E-state index in [9.17, 15) is 4.79 Å². The van der Waals surface area contributed by atoms with Crippen LogP contribution < -0.4 is 19.9 Å². The topological polar surface area (TPSA) is 48.1 Å². The standard InChI is InChI=1S/C24H32N4O2/c1-30-23-12-7-11-21(18-23)27-16-14-26(15-17-27)13-6-5-10-22-19-25-24(29)28(22)20-8-3-2-4-9-20/h2-4,7-9,11-12,18,22H,5-6,10,13-17,19H2,1H3,(H,25,29). The molecular weight excluding hydrogens is 376 g/mol. The van der Waals surface area contributed by atoms with Gasteiger partial charge in [-0.1, -0.05) is 30.7 Å². The van der Waals surface area contributed by atoms with Gasteiger partial charge in [-0.15, -0.1) is 0 Å².